The molecule has 0 aliphatic heterocycles. The van der Waals surface area contributed by atoms with Crippen LogP contribution < -0.4 is 0 Å². The topological polar surface area (TPSA) is 107 Å². The zero-order valence-corrected chi connectivity index (χ0v) is 19.2. The van der Waals surface area contributed by atoms with Gasteiger partial charge < -0.3 is 9.84 Å². The molecule has 0 saturated carbocycles. The summed E-state index contributed by atoms with van der Waals surface area (Å²) in [4.78, 5) is 21.3. The number of esters is 1. The largest absolute Gasteiger partial charge is 0.481 e. The van der Waals surface area contributed by atoms with E-state index in [1.54, 1.807) is 13.8 Å². The fourth-order valence-electron chi connectivity index (χ4n) is 2.03. The van der Waals surface area contributed by atoms with Crippen molar-refractivity contribution in [3.63, 3.8) is 0 Å². The first-order chi connectivity index (χ1) is 12.9. The molecule has 0 atom stereocenters. The van der Waals surface area contributed by atoms with E-state index in [1.807, 2.05) is 0 Å². The van der Waals surface area contributed by atoms with E-state index >= 15 is 0 Å². The summed E-state index contributed by atoms with van der Waals surface area (Å²) in [5, 5.41) is 8.42. The predicted octanol–water partition coefficient (Wildman–Crippen LogP) is 5.07. The number of carboxylic acids is 1. The number of unbranched alkanes of at least 4 members (excludes halogenated alkanes) is 5. The zero-order valence-electron chi connectivity index (χ0n) is 17.7. The molecular formula is C19H37ClO7S. The van der Waals surface area contributed by atoms with Crippen LogP contribution in [0.5, 0.6) is 0 Å². The highest BCUT2D eigenvalue weighted by molar-refractivity contribution is 8.09. The van der Waals surface area contributed by atoms with E-state index in [2.05, 4.69) is 18.0 Å². The molecule has 0 aliphatic rings. The van der Waals surface area contributed by atoms with Crippen molar-refractivity contribution in [2.24, 2.45) is 5.41 Å². The first-order valence-electron chi connectivity index (χ1n) is 9.90. The van der Waals surface area contributed by atoms with Crippen molar-refractivity contribution in [3.05, 3.63) is 0 Å². The number of carbonyl (C=O) groups is 2. The van der Waals surface area contributed by atoms with Crippen LogP contribution in [0.25, 0.3) is 0 Å². The monoisotopic (exact) mass is 444 g/mol. The second-order valence-corrected chi connectivity index (χ2v) is 9.61. The maximum atomic E-state index is 11.1. The Hall–Kier alpha value is -0.860. The molecule has 0 aromatic carbocycles. The number of hydrogen-bond donors (Lipinski definition) is 1. The van der Waals surface area contributed by atoms with E-state index in [0.29, 0.717) is 19.4 Å². The third kappa shape index (κ3) is 25.1. The summed E-state index contributed by atoms with van der Waals surface area (Å²) < 4.78 is 30.3. The summed E-state index contributed by atoms with van der Waals surface area (Å²) in [6.45, 7) is 8.19. The van der Waals surface area contributed by atoms with Crippen molar-refractivity contribution >= 4 is 32.0 Å². The van der Waals surface area contributed by atoms with Crippen LogP contribution in [0.3, 0.4) is 0 Å². The van der Waals surface area contributed by atoms with Gasteiger partial charge in [-0.3, -0.25) is 13.8 Å². The molecule has 0 aromatic rings. The van der Waals surface area contributed by atoms with Crippen LogP contribution in [-0.4, -0.2) is 38.7 Å². The van der Waals surface area contributed by atoms with Gasteiger partial charge >= 0.3 is 21.3 Å². The van der Waals surface area contributed by atoms with Crippen LogP contribution in [0.15, 0.2) is 0 Å². The molecule has 0 radical (unpaired) electrons. The maximum Gasteiger partial charge on any atom is 0.355 e. The van der Waals surface area contributed by atoms with Crippen LogP contribution in [-0.2, 0) is 27.8 Å². The minimum Gasteiger partial charge on any atom is -0.481 e. The van der Waals surface area contributed by atoms with E-state index in [9.17, 15) is 18.0 Å². The predicted molar refractivity (Wildman–Crippen MR) is 111 cm³/mol. The van der Waals surface area contributed by atoms with Crippen molar-refractivity contribution in [2.45, 2.75) is 91.9 Å². The molecule has 0 fully saturated rings. The number of ether oxygens (including phenoxy) is 1. The van der Waals surface area contributed by atoms with Gasteiger partial charge in [-0.25, -0.2) is 0 Å². The highest BCUT2D eigenvalue weighted by Gasteiger charge is 2.22. The van der Waals surface area contributed by atoms with E-state index in [-0.39, 0.29) is 19.0 Å². The molecule has 1 N–H and O–H groups in total. The lowest BCUT2D eigenvalue weighted by Gasteiger charge is -2.21. The molecule has 28 heavy (non-hydrogen) atoms. The quantitative estimate of drug-likeness (QED) is 0.213. The molecule has 0 rings (SSSR count). The van der Waals surface area contributed by atoms with Crippen LogP contribution in [0.2, 0.25) is 0 Å². The third-order valence-corrected chi connectivity index (χ3v) is 4.52. The molecule has 9 heteroatoms. The average molecular weight is 445 g/mol. The van der Waals surface area contributed by atoms with Crippen molar-refractivity contribution in [1.82, 2.24) is 0 Å². The van der Waals surface area contributed by atoms with E-state index < -0.39 is 20.7 Å². The van der Waals surface area contributed by atoms with Gasteiger partial charge in [0.2, 0.25) is 0 Å². The molecule has 168 valence electrons. The van der Waals surface area contributed by atoms with E-state index in [4.69, 9.17) is 20.5 Å². The lowest BCUT2D eigenvalue weighted by atomic mass is 9.89. The second-order valence-electron chi connectivity index (χ2n) is 7.45. The summed E-state index contributed by atoms with van der Waals surface area (Å²) >= 11 is 0. The van der Waals surface area contributed by atoms with Gasteiger partial charge in [0.1, 0.15) is 0 Å². The minimum absolute atomic E-state index is 0.0256. The molecule has 0 heterocycles. The van der Waals surface area contributed by atoms with Crippen LogP contribution in [0.4, 0.5) is 0 Å². The molecule has 0 bridgehead atoms. The smallest absolute Gasteiger partial charge is 0.355 e. The van der Waals surface area contributed by atoms with Crippen molar-refractivity contribution in [1.29, 1.82) is 0 Å². The van der Waals surface area contributed by atoms with Crippen molar-refractivity contribution in [2.75, 3.05) is 13.2 Å². The Bertz CT molecular complexity index is 518. The molecule has 0 aliphatic carbocycles. The molecule has 0 spiro atoms. The molecule has 0 unspecified atom stereocenters. The number of carboxylic acid groups (broad SMARTS) is 1. The van der Waals surface area contributed by atoms with Gasteiger partial charge in [-0.1, -0.05) is 59.8 Å². The summed E-state index contributed by atoms with van der Waals surface area (Å²) in [6, 6.07) is 0. The Morgan fingerprint density at radius 1 is 0.964 bits per heavy atom. The van der Waals surface area contributed by atoms with Crippen LogP contribution in [0.1, 0.15) is 91.9 Å². The number of halogens is 1. The minimum atomic E-state index is -3.97. The Kier molecular flexibility index (Phi) is 17.9. The SMILES string of the molecule is CC(C)(CCC(=O)O)COS(=O)(=O)Cl.CCCCCCCOC(=O)CCCC. The Balaban J connectivity index is 0. The summed E-state index contributed by atoms with van der Waals surface area (Å²) in [7, 11) is 0.865. The van der Waals surface area contributed by atoms with Gasteiger partial charge in [0.05, 0.1) is 13.2 Å². The molecular weight excluding hydrogens is 408 g/mol. The lowest BCUT2D eigenvalue weighted by molar-refractivity contribution is -0.144. The van der Waals surface area contributed by atoms with Gasteiger partial charge in [-0.2, -0.15) is 8.42 Å². The lowest BCUT2D eigenvalue weighted by Crippen LogP contribution is -2.21. The summed E-state index contributed by atoms with van der Waals surface area (Å²) in [5.41, 5.74) is -0.527. The average Bonchev–Trinajstić information content (AvgIpc) is 2.60. The fourth-order valence-corrected chi connectivity index (χ4v) is 2.63. The van der Waals surface area contributed by atoms with Crippen molar-refractivity contribution in [3.8, 4) is 0 Å². The number of hydrogen-bond acceptors (Lipinski definition) is 6. The molecule has 0 saturated heterocycles. The van der Waals surface area contributed by atoms with Gasteiger partial charge in [0, 0.05) is 23.5 Å². The number of aliphatic carboxylic acids is 1. The molecule has 7 nitrogen and oxygen atoms in total. The number of rotatable bonds is 15. The third-order valence-electron chi connectivity index (χ3n) is 3.85. The second kappa shape index (κ2) is 17.0. The highest BCUT2D eigenvalue weighted by Crippen LogP contribution is 2.23. The summed E-state index contributed by atoms with van der Waals surface area (Å²) in [6.07, 6.45) is 8.94. The van der Waals surface area contributed by atoms with Gasteiger partial charge in [0.25, 0.3) is 0 Å². The summed E-state index contributed by atoms with van der Waals surface area (Å²) in [5.74, 6) is -0.950. The normalized spacial score (nSPS) is 11.5. The fraction of sp³-hybridized carbons (Fsp3) is 0.895. The van der Waals surface area contributed by atoms with Gasteiger partial charge in [-0.05, 0) is 24.7 Å². The zero-order chi connectivity index (χ0) is 22.1. The van der Waals surface area contributed by atoms with E-state index in [0.717, 1.165) is 19.3 Å². The van der Waals surface area contributed by atoms with Crippen molar-refractivity contribution < 1.29 is 32.0 Å². The van der Waals surface area contributed by atoms with Gasteiger partial charge in [0.15, 0.2) is 0 Å². The highest BCUT2D eigenvalue weighted by atomic mass is 35.7. The molecule has 0 aromatic heterocycles. The standard InChI is InChI=1S/C12H24O2.C7H13ClO5S/c1-3-5-7-8-9-11-14-12(13)10-6-4-2;1-7(2,4-3-6(9)10)5-13-14(8,11)12/h3-11H2,1-2H3;3-5H2,1-2H3,(H,9,10). The Morgan fingerprint density at radius 3 is 2.04 bits per heavy atom. The Labute approximate surface area is 174 Å². The van der Waals surface area contributed by atoms with E-state index in [1.165, 1.54) is 25.7 Å². The first kappa shape index (κ1) is 29.3. The van der Waals surface area contributed by atoms with Crippen LogP contribution in [0, 0.1) is 5.41 Å². The maximum absolute atomic E-state index is 11.1. The molecule has 0 amide bonds. The number of carbonyl (C=O) groups excluding carboxylic acids is 1. The Morgan fingerprint density at radius 2 is 1.54 bits per heavy atom. The first-order valence-corrected chi connectivity index (χ1v) is 12.1. The van der Waals surface area contributed by atoms with Crippen LogP contribution >= 0.6 is 10.7 Å². The van der Waals surface area contributed by atoms with Gasteiger partial charge in [-0.15, -0.1) is 0 Å².